The number of carbonyl (C=O) groups excluding carboxylic acids is 1. The normalized spacial score (nSPS) is 14.0. The monoisotopic (exact) mass is 407 g/mol. The van der Waals surface area contributed by atoms with Gasteiger partial charge in [0.05, 0.1) is 5.69 Å². The van der Waals surface area contributed by atoms with Crippen LogP contribution in [0.25, 0.3) is 11.3 Å². The number of anilines is 2. The standard InChI is InChI=1S/C22H22ClN5O/c1-16-2-4-17(5-3-16)20-10-11-21(26-25-20)27-12-14-28(15-13-27)22(29)24-19-8-6-18(23)7-9-19/h2-11H,12-15H2,1H3,(H,24,29). The Kier molecular flexibility index (Phi) is 5.62. The Hall–Kier alpha value is -3.12. The van der Waals surface area contributed by atoms with Crippen molar-refractivity contribution in [3.8, 4) is 11.3 Å². The van der Waals surface area contributed by atoms with Crippen molar-refractivity contribution in [1.29, 1.82) is 0 Å². The van der Waals surface area contributed by atoms with Crippen LogP contribution in [0.1, 0.15) is 5.56 Å². The molecule has 1 aliphatic rings. The Morgan fingerprint density at radius 3 is 2.21 bits per heavy atom. The second-order valence-corrected chi connectivity index (χ2v) is 7.49. The minimum Gasteiger partial charge on any atom is -0.352 e. The first-order chi connectivity index (χ1) is 14.1. The summed E-state index contributed by atoms with van der Waals surface area (Å²) in [7, 11) is 0. The van der Waals surface area contributed by atoms with Crippen LogP contribution in [-0.2, 0) is 0 Å². The second kappa shape index (κ2) is 8.49. The Morgan fingerprint density at radius 2 is 1.59 bits per heavy atom. The lowest BCUT2D eigenvalue weighted by molar-refractivity contribution is 0.208. The molecule has 1 N–H and O–H groups in total. The van der Waals surface area contributed by atoms with Gasteiger partial charge in [-0.15, -0.1) is 10.2 Å². The molecule has 1 aliphatic heterocycles. The summed E-state index contributed by atoms with van der Waals surface area (Å²) in [4.78, 5) is 16.4. The van der Waals surface area contributed by atoms with Crippen molar-refractivity contribution in [3.63, 3.8) is 0 Å². The van der Waals surface area contributed by atoms with Gasteiger partial charge in [0.15, 0.2) is 5.82 Å². The van der Waals surface area contributed by atoms with E-state index in [0.29, 0.717) is 31.2 Å². The maximum Gasteiger partial charge on any atom is 0.321 e. The molecule has 3 aromatic rings. The molecular formula is C22H22ClN5O. The van der Waals surface area contributed by atoms with Crippen molar-refractivity contribution in [2.45, 2.75) is 6.92 Å². The van der Waals surface area contributed by atoms with Crippen LogP contribution in [-0.4, -0.2) is 47.3 Å². The molecule has 1 fully saturated rings. The minimum atomic E-state index is -0.104. The van der Waals surface area contributed by atoms with Crippen LogP contribution in [0.2, 0.25) is 5.02 Å². The molecule has 0 bridgehead atoms. The number of hydrogen-bond donors (Lipinski definition) is 1. The lowest BCUT2D eigenvalue weighted by atomic mass is 10.1. The Bertz CT molecular complexity index is 966. The third kappa shape index (κ3) is 4.66. The van der Waals surface area contributed by atoms with Crippen LogP contribution < -0.4 is 10.2 Å². The van der Waals surface area contributed by atoms with Gasteiger partial charge in [0.25, 0.3) is 0 Å². The fraction of sp³-hybridized carbons (Fsp3) is 0.227. The Balaban J connectivity index is 1.33. The maximum atomic E-state index is 12.5. The SMILES string of the molecule is Cc1ccc(-c2ccc(N3CCN(C(=O)Nc4ccc(Cl)cc4)CC3)nn2)cc1. The number of rotatable bonds is 3. The fourth-order valence-electron chi connectivity index (χ4n) is 3.25. The first-order valence-electron chi connectivity index (χ1n) is 9.56. The highest BCUT2D eigenvalue weighted by Crippen LogP contribution is 2.20. The number of amides is 2. The third-order valence-corrected chi connectivity index (χ3v) is 5.24. The van der Waals surface area contributed by atoms with E-state index >= 15 is 0 Å². The predicted octanol–water partition coefficient (Wildman–Crippen LogP) is 4.46. The molecule has 0 spiro atoms. The quantitative estimate of drug-likeness (QED) is 0.696. The van der Waals surface area contributed by atoms with Crippen molar-refractivity contribution in [2.24, 2.45) is 0 Å². The lowest BCUT2D eigenvalue weighted by Gasteiger charge is -2.35. The lowest BCUT2D eigenvalue weighted by Crippen LogP contribution is -2.50. The van der Waals surface area contributed by atoms with E-state index in [4.69, 9.17) is 11.6 Å². The van der Waals surface area contributed by atoms with Gasteiger partial charge in [-0.3, -0.25) is 0 Å². The first-order valence-corrected chi connectivity index (χ1v) is 9.93. The summed E-state index contributed by atoms with van der Waals surface area (Å²) in [5.41, 5.74) is 3.86. The Morgan fingerprint density at radius 1 is 0.897 bits per heavy atom. The van der Waals surface area contributed by atoms with Crippen LogP contribution >= 0.6 is 11.6 Å². The molecule has 29 heavy (non-hydrogen) atoms. The number of aryl methyl sites for hydroxylation is 1. The molecule has 0 radical (unpaired) electrons. The average molecular weight is 408 g/mol. The summed E-state index contributed by atoms with van der Waals surface area (Å²) in [5.74, 6) is 0.832. The molecule has 0 aliphatic carbocycles. The van der Waals surface area contributed by atoms with Crippen molar-refractivity contribution in [3.05, 3.63) is 71.2 Å². The van der Waals surface area contributed by atoms with Gasteiger partial charge in [-0.25, -0.2) is 4.79 Å². The topological polar surface area (TPSA) is 61.4 Å². The van der Waals surface area contributed by atoms with Gasteiger partial charge < -0.3 is 15.1 Å². The van der Waals surface area contributed by atoms with Crippen LogP contribution in [0, 0.1) is 6.92 Å². The smallest absolute Gasteiger partial charge is 0.321 e. The highest BCUT2D eigenvalue weighted by atomic mass is 35.5. The zero-order valence-electron chi connectivity index (χ0n) is 16.2. The van der Waals surface area contributed by atoms with Gasteiger partial charge in [0.2, 0.25) is 0 Å². The summed E-state index contributed by atoms with van der Waals surface area (Å²) >= 11 is 5.88. The van der Waals surface area contributed by atoms with Gasteiger partial charge in [-0.2, -0.15) is 0 Å². The van der Waals surface area contributed by atoms with Gasteiger partial charge in [-0.05, 0) is 43.3 Å². The van der Waals surface area contributed by atoms with E-state index in [1.54, 1.807) is 29.2 Å². The van der Waals surface area contributed by atoms with Crippen molar-refractivity contribution in [1.82, 2.24) is 15.1 Å². The molecule has 7 heteroatoms. The van der Waals surface area contributed by atoms with Gasteiger partial charge in [-0.1, -0.05) is 41.4 Å². The largest absolute Gasteiger partial charge is 0.352 e. The molecule has 2 heterocycles. The van der Waals surface area contributed by atoms with E-state index in [2.05, 4.69) is 51.6 Å². The number of nitrogens with one attached hydrogen (secondary N) is 1. The van der Waals surface area contributed by atoms with E-state index in [9.17, 15) is 4.79 Å². The predicted molar refractivity (Wildman–Crippen MR) is 116 cm³/mol. The number of halogens is 1. The first kappa shape index (κ1) is 19.2. The molecule has 0 saturated carbocycles. The molecule has 0 unspecified atom stereocenters. The summed E-state index contributed by atoms with van der Waals surface area (Å²) in [6.07, 6.45) is 0. The van der Waals surface area contributed by atoms with Crippen LogP contribution in [0.4, 0.5) is 16.3 Å². The summed E-state index contributed by atoms with van der Waals surface area (Å²) in [5, 5.41) is 12.3. The van der Waals surface area contributed by atoms with E-state index in [1.807, 2.05) is 12.1 Å². The van der Waals surface area contributed by atoms with E-state index in [0.717, 1.165) is 22.8 Å². The molecule has 2 amide bonds. The van der Waals surface area contributed by atoms with Gasteiger partial charge in [0.1, 0.15) is 0 Å². The van der Waals surface area contributed by atoms with Crippen molar-refractivity contribution in [2.75, 3.05) is 36.4 Å². The molecule has 6 nitrogen and oxygen atoms in total. The summed E-state index contributed by atoms with van der Waals surface area (Å²) in [6.45, 7) is 4.74. The van der Waals surface area contributed by atoms with Gasteiger partial charge in [0, 0.05) is 42.5 Å². The third-order valence-electron chi connectivity index (χ3n) is 4.98. The molecular weight excluding hydrogens is 386 g/mol. The zero-order valence-corrected chi connectivity index (χ0v) is 16.9. The van der Waals surface area contributed by atoms with Crippen LogP contribution in [0.5, 0.6) is 0 Å². The molecule has 0 atom stereocenters. The van der Waals surface area contributed by atoms with Crippen LogP contribution in [0.15, 0.2) is 60.7 Å². The molecule has 4 rings (SSSR count). The number of benzene rings is 2. The van der Waals surface area contributed by atoms with Crippen molar-refractivity contribution < 1.29 is 4.79 Å². The fourth-order valence-corrected chi connectivity index (χ4v) is 3.37. The zero-order chi connectivity index (χ0) is 20.2. The number of piperazine rings is 1. The molecule has 1 aromatic heterocycles. The number of hydrogen-bond acceptors (Lipinski definition) is 4. The molecule has 2 aromatic carbocycles. The average Bonchev–Trinajstić information content (AvgIpc) is 2.76. The maximum absolute atomic E-state index is 12.5. The summed E-state index contributed by atoms with van der Waals surface area (Å²) in [6, 6.07) is 19.2. The summed E-state index contributed by atoms with van der Waals surface area (Å²) < 4.78 is 0. The number of nitrogens with zero attached hydrogens (tertiary/aromatic N) is 4. The van der Waals surface area contributed by atoms with E-state index in [-0.39, 0.29) is 6.03 Å². The number of urea groups is 1. The Labute approximate surface area is 175 Å². The number of carbonyl (C=O) groups is 1. The number of aromatic nitrogens is 2. The highest BCUT2D eigenvalue weighted by molar-refractivity contribution is 6.30. The minimum absolute atomic E-state index is 0.104. The van der Waals surface area contributed by atoms with E-state index in [1.165, 1.54) is 5.56 Å². The second-order valence-electron chi connectivity index (χ2n) is 7.05. The molecule has 148 valence electrons. The van der Waals surface area contributed by atoms with E-state index < -0.39 is 0 Å². The highest BCUT2D eigenvalue weighted by Gasteiger charge is 2.22. The molecule has 1 saturated heterocycles. The van der Waals surface area contributed by atoms with Gasteiger partial charge >= 0.3 is 6.03 Å². The van der Waals surface area contributed by atoms with Crippen LogP contribution in [0.3, 0.4) is 0 Å². The van der Waals surface area contributed by atoms with Crippen molar-refractivity contribution >= 4 is 29.1 Å².